The van der Waals surface area contributed by atoms with Gasteiger partial charge in [0.1, 0.15) is 0 Å². The van der Waals surface area contributed by atoms with Gasteiger partial charge in [-0.25, -0.2) is 4.79 Å². The molecule has 2 N–H and O–H groups in total. The quantitative estimate of drug-likeness (QED) is 0.820. The Hall–Kier alpha value is -0.650. The minimum atomic E-state index is -0.455. The van der Waals surface area contributed by atoms with Crippen LogP contribution < -0.4 is 5.73 Å². The predicted molar refractivity (Wildman–Crippen MR) is 69.7 cm³/mol. The van der Waals surface area contributed by atoms with Gasteiger partial charge in [-0.1, -0.05) is 0 Å². The summed E-state index contributed by atoms with van der Waals surface area (Å²) >= 11 is 0. The van der Waals surface area contributed by atoms with Crippen LogP contribution in [0, 0.1) is 11.3 Å². The van der Waals surface area contributed by atoms with Crippen molar-refractivity contribution in [1.29, 1.82) is 0 Å². The average Bonchev–Trinajstić information content (AvgIpc) is 2.29. The molecule has 1 unspecified atom stereocenters. The van der Waals surface area contributed by atoms with Crippen LogP contribution in [-0.2, 0) is 14.4 Å². The van der Waals surface area contributed by atoms with Crippen LogP contribution in [-0.4, -0.2) is 43.9 Å². The summed E-state index contributed by atoms with van der Waals surface area (Å²) in [4.78, 5) is 17.1. The summed E-state index contributed by atoms with van der Waals surface area (Å²) in [6.07, 6.45) is 1.89. The van der Waals surface area contributed by atoms with Crippen molar-refractivity contribution in [2.45, 2.75) is 39.7 Å². The summed E-state index contributed by atoms with van der Waals surface area (Å²) in [7, 11) is 1.67. The number of methoxy groups -OCH3 is 1. The van der Waals surface area contributed by atoms with E-state index in [0.717, 1.165) is 25.9 Å². The molecule has 0 aliphatic carbocycles. The first-order valence-corrected chi connectivity index (χ1v) is 6.56. The second-order valence-corrected chi connectivity index (χ2v) is 6.01. The third kappa shape index (κ3) is 4.55. The van der Waals surface area contributed by atoms with Crippen LogP contribution in [0.25, 0.3) is 0 Å². The fourth-order valence-corrected chi connectivity index (χ4v) is 1.98. The lowest BCUT2D eigenvalue weighted by Gasteiger charge is -2.34. The Kier molecular flexibility index (Phi) is 5.56. The normalized spacial score (nSPS) is 20.7. The van der Waals surface area contributed by atoms with Gasteiger partial charge in [0.05, 0.1) is 12.0 Å². The lowest BCUT2D eigenvalue weighted by Crippen LogP contribution is -2.44. The molecule has 0 amide bonds. The van der Waals surface area contributed by atoms with Crippen molar-refractivity contribution in [1.82, 2.24) is 5.06 Å². The summed E-state index contributed by atoms with van der Waals surface area (Å²) in [5.41, 5.74) is 5.57. The molecule has 0 aromatic heterocycles. The van der Waals surface area contributed by atoms with E-state index >= 15 is 0 Å². The van der Waals surface area contributed by atoms with Gasteiger partial charge in [0.15, 0.2) is 0 Å². The number of carbonyl (C=O) groups is 1. The minimum Gasteiger partial charge on any atom is -0.383 e. The highest BCUT2D eigenvalue weighted by atomic mass is 16.7. The van der Waals surface area contributed by atoms with Crippen LogP contribution in [0.4, 0.5) is 0 Å². The fourth-order valence-electron chi connectivity index (χ4n) is 1.98. The van der Waals surface area contributed by atoms with Gasteiger partial charge in [0.25, 0.3) is 0 Å². The molecule has 0 bridgehead atoms. The van der Waals surface area contributed by atoms with Crippen molar-refractivity contribution >= 4 is 5.97 Å². The molecule has 1 atom stereocenters. The van der Waals surface area contributed by atoms with E-state index in [1.807, 2.05) is 20.8 Å². The molecule has 1 aliphatic rings. The van der Waals surface area contributed by atoms with E-state index in [2.05, 4.69) is 0 Å². The molecule has 5 heteroatoms. The maximum atomic E-state index is 11.7. The van der Waals surface area contributed by atoms with Gasteiger partial charge in [0, 0.05) is 26.2 Å². The van der Waals surface area contributed by atoms with Crippen molar-refractivity contribution in [2.75, 3.05) is 26.8 Å². The molecule has 106 valence electrons. The molecule has 1 fully saturated rings. The molecule has 1 rings (SSSR count). The smallest absolute Gasteiger partial charge is 0.330 e. The number of nitrogens with two attached hydrogens (primary N) is 1. The zero-order valence-corrected chi connectivity index (χ0v) is 11.9. The lowest BCUT2D eigenvalue weighted by molar-refractivity contribution is -0.206. The van der Waals surface area contributed by atoms with E-state index in [0.29, 0.717) is 12.5 Å². The highest BCUT2D eigenvalue weighted by Gasteiger charge is 2.29. The SMILES string of the molecule is COCC(N)C1CCN(OC(=O)C(C)(C)C)CC1. The second kappa shape index (κ2) is 6.50. The monoisotopic (exact) mass is 258 g/mol. The first kappa shape index (κ1) is 15.4. The molecule has 1 saturated heterocycles. The van der Waals surface area contributed by atoms with E-state index in [1.54, 1.807) is 12.2 Å². The van der Waals surface area contributed by atoms with Crippen molar-refractivity contribution in [3.05, 3.63) is 0 Å². The minimum absolute atomic E-state index is 0.0791. The summed E-state index contributed by atoms with van der Waals surface area (Å²) < 4.78 is 5.07. The maximum Gasteiger partial charge on any atom is 0.330 e. The summed E-state index contributed by atoms with van der Waals surface area (Å²) in [5.74, 6) is 0.275. The van der Waals surface area contributed by atoms with E-state index in [4.69, 9.17) is 15.3 Å². The van der Waals surface area contributed by atoms with Gasteiger partial charge in [-0.15, -0.1) is 5.06 Å². The first-order chi connectivity index (χ1) is 8.34. The number of piperidine rings is 1. The van der Waals surface area contributed by atoms with Crippen LogP contribution in [0.1, 0.15) is 33.6 Å². The van der Waals surface area contributed by atoms with E-state index in [-0.39, 0.29) is 12.0 Å². The van der Waals surface area contributed by atoms with Crippen molar-refractivity contribution in [3.8, 4) is 0 Å². The Bertz CT molecular complexity index is 268. The Labute approximate surface area is 110 Å². The number of hydroxylamine groups is 2. The molecule has 1 heterocycles. The summed E-state index contributed by atoms with van der Waals surface area (Å²) in [6, 6.07) is 0.0791. The van der Waals surface area contributed by atoms with E-state index in [1.165, 1.54) is 0 Å². The molecule has 5 nitrogen and oxygen atoms in total. The second-order valence-electron chi connectivity index (χ2n) is 6.01. The van der Waals surface area contributed by atoms with Gasteiger partial charge in [-0.05, 0) is 39.5 Å². The van der Waals surface area contributed by atoms with Gasteiger partial charge >= 0.3 is 5.97 Å². The molecular weight excluding hydrogens is 232 g/mol. The largest absolute Gasteiger partial charge is 0.383 e. The van der Waals surface area contributed by atoms with Crippen molar-refractivity contribution < 1.29 is 14.4 Å². The predicted octanol–water partition coefficient (Wildman–Crippen LogP) is 1.18. The molecule has 18 heavy (non-hydrogen) atoms. The topological polar surface area (TPSA) is 64.8 Å². The number of rotatable bonds is 4. The Morgan fingerprint density at radius 2 is 1.94 bits per heavy atom. The number of nitrogens with zero attached hydrogens (tertiary/aromatic N) is 1. The maximum absolute atomic E-state index is 11.7. The van der Waals surface area contributed by atoms with Crippen LogP contribution in [0.2, 0.25) is 0 Å². The number of hydrogen-bond donors (Lipinski definition) is 1. The number of hydrogen-bond acceptors (Lipinski definition) is 5. The van der Waals surface area contributed by atoms with Crippen LogP contribution in [0.3, 0.4) is 0 Å². The average molecular weight is 258 g/mol. The third-order valence-corrected chi connectivity index (χ3v) is 3.29. The van der Waals surface area contributed by atoms with Crippen molar-refractivity contribution in [3.63, 3.8) is 0 Å². The van der Waals surface area contributed by atoms with Gasteiger partial charge in [0.2, 0.25) is 0 Å². The van der Waals surface area contributed by atoms with Crippen molar-refractivity contribution in [2.24, 2.45) is 17.1 Å². The van der Waals surface area contributed by atoms with Gasteiger partial charge < -0.3 is 15.3 Å². The first-order valence-electron chi connectivity index (χ1n) is 6.56. The van der Waals surface area contributed by atoms with Gasteiger partial charge in [-0.2, -0.15) is 0 Å². The number of ether oxygens (including phenoxy) is 1. The Balaban J connectivity index is 2.34. The highest BCUT2D eigenvalue weighted by molar-refractivity contribution is 5.75. The summed E-state index contributed by atoms with van der Waals surface area (Å²) in [5, 5.41) is 1.75. The zero-order valence-electron chi connectivity index (χ0n) is 11.9. The molecule has 1 aliphatic heterocycles. The molecule has 0 aromatic rings. The molecule has 0 saturated carbocycles. The molecular formula is C13H26N2O3. The number of carbonyl (C=O) groups excluding carboxylic acids is 1. The Morgan fingerprint density at radius 3 is 2.39 bits per heavy atom. The van der Waals surface area contributed by atoms with E-state index < -0.39 is 5.41 Å². The zero-order chi connectivity index (χ0) is 13.8. The highest BCUT2D eigenvalue weighted by Crippen LogP contribution is 2.22. The standard InChI is InChI=1S/C13H26N2O3/c1-13(2,3)12(16)18-15-7-5-10(6-8-15)11(14)9-17-4/h10-11H,5-9,14H2,1-4H3. The van der Waals surface area contributed by atoms with E-state index in [9.17, 15) is 4.79 Å². The third-order valence-electron chi connectivity index (χ3n) is 3.29. The summed E-state index contributed by atoms with van der Waals surface area (Å²) in [6.45, 7) is 7.67. The van der Waals surface area contributed by atoms with Crippen LogP contribution in [0.15, 0.2) is 0 Å². The van der Waals surface area contributed by atoms with Gasteiger partial charge in [-0.3, -0.25) is 0 Å². The Morgan fingerprint density at radius 1 is 1.39 bits per heavy atom. The van der Waals surface area contributed by atoms with Crippen LogP contribution in [0.5, 0.6) is 0 Å². The van der Waals surface area contributed by atoms with Crippen LogP contribution >= 0.6 is 0 Å². The molecule has 0 spiro atoms. The molecule has 0 aromatic carbocycles. The fraction of sp³-hybridized carbons (Fsp3) is 0.923. The lowest BCUT2D eigenvalue weighted by atomic mass is 9.91. The molecule has 0 radical (unpaired) electrons.